The van der Waals surface area contributed by atoms with Gasteiger partial charge in [0.05, 0.1) is 6.54 Å². The van der Waals surface area contributed by atoms with Crippen molar-refractivity contribution >= 4 is 0 Å². The van der Waals surface area contributed by atoms with Gasteiger partial charge in [-0.15, -0.1) is 0 Å². The molecular weight excluding hydrogens is 202 g/mol. The first-order chi connectivity index (χ1) is 7.77. The van der Waals surface area contributed by atoms with Gasteiger partial charge in [0.1, 0.15) is 12.2 Å². The first-order valence-electron chi connectivity index (χ1n) is 5.23. The molecule has 2 heterocycles. The van der Waals surface area contributed by atoms with Crippen molar-refractivity contribution in [3.63, 3.8) is 0 Å². The Morgan fingerprint density at radius 1 is 1.38 bits per heavy atom. The van der Waals surface area contributed by atoms with Crippen molar-refractivity contribution in [2.24, 2.45) is 7.05 Å². The van der Waals surface area contributed by atoms with Crippen LogP contribution in [0.5, 0.6) is 0 Å². The number of nitrogens with one attached hydrogen (secondary N) is 1. The van der Waals surface area contributed by atoms with Crippen molar-refractivity contribution in [3.8, 4) is 0 Å². The molecule has 1 N–H and O–H groups in total. The number of aromatic nitrogens is 4. The normalized spacial score (nSPS) is 12.6. The molecule has 0 aliphatic rings. The summed E-state index contributed by atoms with van der Waals surface area (Å²) in [4.78, 5) is 8.16. The smallest absolute Gasteiger partial charge is 0.140 e. The van der Waals surface area contributed by atoms with Crippen LogP contribution in [0.4, 0.5) is 0 Å². The Morgan fingerprint density at radius 2 is 2.12 bits per heavy atom. The summed E-state index contributed by atoms with van der Waals surface area (Å²) in [7, 11) is 1.89. The van der Waals surface area contributed by atoms with Crippen LogP contribution in [0.25, 0.3) is 0 Å². The average molecular weight is 217 g/mol. The molecule has 0 aliphatic carbocycles. The highest BCUT2D eigenvalue weighted by Crippen LogP contribution is 2.10. The van der Waals surface area contributed by atoms with Crippen LogP contribution in [-0.2, 0) is 13.6 Å². The predicted molar refractivity (Wildman–Crippen MR) is 60.5 cm³/mol. The minimum Gasteiger partial charge on any atom is -0.303 e. The van der Waals surface area contributed by atoms with Gasteiger partial charge < -0.3 is 5.32 Å². The molecule has 0 radical (unpaired) electrons. The predicted octanol–water partition coefficient (Wildman–Crippen LogP) is 1.06. The lowest BCUT2D eigenvalue weighted by Gasteiger charge is -2.13. The molecule has 0 fully saturated rings. The zero-order valence-electron chi connectivity index (χ0n) is 9.46. The number of aryl methyl sites for hydroxylation is 1. The summed E-state index contributed by atoms with van der Waals surface area (Å²) in [5.41, 5.74) is 1.22. The summed E-state index contributed by atoms with van der Waals surface area (Å²) in [5, 5.41) is 7.41. The van der Waals surface area contributed by atoms with Crippen molar-refractivity contribution in [2.75, 3.05) is 0 Å². The maximum Gasteiger partial charge on any atom is 0.140 e. The van der Waals surface area contributed by atoms with Crippen molar-refractivity contribution in [1.82, 2.24) is 25.1 Å². The van der Waals surface area contributed by atoms with Gasteiger partial charge in [-0.1, -0.05) is 0 Å². The van der Waals surface area contributed by atoms with E-state index in [4.69, 9.17) is 0 Å². The summed E-state index contributed by atoms with van der Waals surface area (Å²) >= 11 is 0. The lowest BCUT2D eigenvalue weighted by atomic mass is 10.1. The van der Waals surface area contributed by atoms with Crippen LogP contribution >= 0.6 is 0 Å². The molecule has 0 aliphatic heterocycles. The molecule has 0 saturated carbocycles. The van der Waals surface area contributed by atoms with Crippen molar-refractivity contribution in [2.45, 2.75) is 19.5 Å². The van der Waals surface area contributed by atoms with Crippen LogP contribution in [0.3, 0.4) is 0 Å². The average Bonchev–Trinajstić information content (AvgIpc) is 2.73. The van der Waals surface area contributed by atoms with Crippen LogP contribution < -0.4 is 5.32 Å². The number of hydrogen-bond donors (Lipinski definition) is 1. The topological polar surface area (TPSA) is 55.6 Å². The van der Waals surface area contributed by atoms with Gasteiger partial charge in [-0.05, 0) is 24.6 Å². The van der Waals surface area contributed by atoms with E-state index in [1.807, 2.05) is 19.2 Å². The van der Waals surface area contributed by atoms with Gasteiger partial charge in [-0.25, -0.2) is 4.98 Å². The third-order valence-corrected chi connectivity index (χ3v) is 2.58. The SMILES string of the molecule is C[C@H](NCc1ncnn1C)c1ccncc1. The van der Waals surface area contributed by atoms with E-state index in [2.05, 4.69) is 27.3 Å². The molecule has 5 heteroatoms. The zero-order valence-corrected chi connectivity index (χ0v) is 9.46. The maximum atomic E-state index is 4.16. The fraction of sp³-hybridized carbons (Fsp3) is 0.364. The number of hydrogen-bond acceptors (Lipinski definition) is 4. The molecule has 0 spiro atoms. The van der Waals surface area contributed by atoms with Crippen molar-refractivity contribution in [1.29, 1.82) is 0 Å². The highest BCUT2D eigenvalue weighted by molar-refractivity contribution is 5.13. The summed E-state index contributed by atoms with van der Waals surface area (Å²) in [6.07, 6.45) is 5.17. The summed E-state index contributed by atoms with van der Waals surface area (Å²) in [5.74, 6) is 0.931. The molecular formula is C11H15N5. The van der Waals surface area contributed by atoms with E-state index in [0.29, 0.717) is 6.54 Å². The molecule has 5 nitrogen and oxygen atoms in total. The van der Waals surface area contributed by atoms with Crippen molar-refractivity contribution < 1.29 is 0 Å². The Balaban J connectivity index is 1.94. The van der Waals surface area contributed by atoms with Crippen LogP contribution in [0.1, 0.15) is 24.4 Å². The first-order valence-corrected chi connectivity index (χ1v) is 5.23. The molecule has 2 aromatic rings. The van der Waals surface area contributed by atoms with Gasteiger partial charge in [0.25, 0.3) is 0 Å². The van der Waals surface area contributed by atoms with Gasteiger partial charge in [0, 0.05) is 25.5 Å². The quantitative estimate of drug-likeness (QED) is 0.832. The minimum absolute atomic E-state index is 0.278. The van der Waals surface area contributed by atoms with E-state index in [9.17, 15) is 0 Å². The molecule has 0 aromatic carbocycles. The molecule has 2 aromatic heterocycles. The highest BCUT2D eigenvalue weighted by Gasteiger charge is 2.06. The van der Waals surface area contributed by atoms with Gasteiger partial charge in [-0.2, -0.15) is 5.10 Å². The van der Waals surface area contributed by atoms with E-state index in [1.165, 1.54) is 5.56 Å². The van der Waals surface area contributed by atoms with Crippen LogP contribution in [0, 0.1) is 0 Å². The van der Waals surface area contributed by atoms with Gasteiger partial charge in [0.15, 0.2) is 0 Å². The standard InChI is InChI=1S/C11H15N5/c1-9(10-3-5-12-6-4-10)13-7-11-14-8-15-16(11)2/h3-6,8-9,13H,7H2,1-2H3/t9-/m0/s1. The van der Waals surface area contributed by atoms with E-state index in [0.717, 1.165) is 5.82 Å². The van der Waals surface area contributed by atoms with E-state index < -0.39 is 0 Å². The molecule has 1 atom stereocenters. The number of nitrogens with zero attached hydrogens (tertiary/aromatic N) is 4. The maximum absolute atomic E-state index is 4.16. The van der Waals surface area contributed by atoms with Crippen LogP contribution in [-0.4, -0.2) is 19.7 Å². The Morgan fingerprint density at radius 3 is 2.75 bits per heavy atom. The Bertz CT molecular complexity index is 437. The highest BCUT2D eigenvalue weighted by atomic mass is 15.3. The molecule has 0 saturated heterocycles. The van der Waals surface area contributed by atoms with E-state index >= 15 is 0 Å². The second-order valence-electron chi connectivity index (χ2n) is 3.68. The van der Waals surface area contributed by atoms with Gasteiger partial charge in [-0.3, -0.25) is 9.67 Å². The Labute approximate surface area is 94.5 Å². The molecule has 0 unspecified atom stereocenters. The summed E-state index contributed by atoms with van der Waals surface area (Å²) in [6.45, 7) is 2.83. The van der Waals surface area contributed by atoms with Crippen molar-refractivity contribution in [3.05, 3.63) is 42.2 Å². The van der Waals surface area contributed by atoms with Gasteiger partial charge in [0.2, 0.25) is 0 Å². The zero-order chi connectivity index (χ0) is 11.4. The lowest BCUT2D eigenvalue weighted by molar-refractivity contribution is 0.540. The third-order valence-electron chi connectivity index (χ3n) is 2.58. The second-order valence-corrected chi connectivity index (χ2v) is 3.68. The third kappa shape index (κ3) is 2.43. The second kappa shape index (κ2) is 4.85. The molecule has 2 rings (SSSR count). The fourth-order valence-electron chi connectivity index (χ4n) is 1.49. The summed E-state index contributed by atoms with van der Waals surface area (Å²) in [6, 6.07) is 4.29. The largest absolute Gasteiger partial charge is 0.303 e. The Kier molecular flexibility index (Phi) is 3.26. The van der Waals surface area contributed by atoms with Gasteiger partial charge >= 0.3 is 0 Å². The minimum atomic E-state index is 0.278. The number of pyridine rings is 1. The Hall–Kier alpha value is -1.75. The molecule has 84 valence electrons. The monoisotopic (exact) mass is 217 g/mol. The fourth-order valence-corrected chi connectivity index (χ4v) is 1.49. The molecule has 0 bridgehead atoms. The first kappa shape index (κ1) is 10.8. The number of rotatable bonds is 4. The van der Waals surface area contributed by atoms with Crippen LogP contribution in [0.2, 0.25) is 0 Å². The molecule has 0 amide bonds. The summed E-state index contributed by atoms with van der Waals surface area (Å²) < 4.78 is 1.77. The van der Waals surface area contributed by atoms with Crippen LogP contribution in [0.15, 0.2) is 30.9 Å². The van der Waals surface area contributed by atoms with E-state index in [-0.39, 0.29) is 6.04 Å². The lowest BCUT2D eigenvalue weighted by Crippen LogP contribution is -2.20. The van der Waals surface area contributed by atoms with E-state index in [1.54, 1.807) is 23.4 Å². The molecule has 16 heavy (non-hydrogen) atoms.